The molecule has 0 aliphatic rings. The Morgan fingerprint density at radius 3 is 1.37 bits per heavy atom. The number of nitrogens with one attached hydrogen (secondary N) is 1. The van der Waals surface area contributed by atoms with Crippen molar-refractivity contribution in [3.63, 3.8) is 0 Å². The second-order valence-corrected chi connectivity index (χ2v) is 17.2. The van der Waals surface area contributed by atoms with Crippen molar-refractivity contribution in [1.82, 2.24) is 5.32 Å². The molecule has 63 heavy (non-hydrogen) atoms. The van der Waals surface area contributed by atoms with Gasteiger partial charge < -0.3 is 20.3 Å². The first-order chi connectivity index (χ1) is 31.0. The molecule has 3 atom stereocenters. The number of hydrogen-bond donors (Lipinski definition) is 3. The van der Waals surface area contributed by atoms with Crippen LogP contribution in [-0.2, 0) is 14.3 Å². The lowest BCUT2D eigenvalue weighted by molar-refractivity contribution is -0.150. The Morgan fingerprint density at radius 2 is 0.889 bits per heavy atom. The van der Waals surface area contributed by atoms with Gasteiger partial charge in [-0.1, -0.05) is 221 Å². The van der Waals surface area contributed by atoms with Gasteiger partial charge in [0, 0.05) is 12.8 Å². The molecule has 0 bridgehead atoms. The number of aliphatic hydroxyl groups is 2. The van der Waals surface area contributed by atoms with Gasteiger partial charge in [-0.25, -0.2) is 0 Å². The van der Waals surface area contributed by atoms with Gasteiger partial charge in [0.25, 0.3) is 0 Å². The van der Waals surface area contributed by atoms with E-state index in [4.69, 9.17) is 4.74 Å². The predicted molar refractivity (Wildman–Crippen MR) is 273 cm³/mol. The molecule has 0 spiro atoms. The molecule has 0 aromatic heterocycles. The number of carbonyl (C=O) groups excluding carboxylic acids is 2. The first-order valence-corrected chi connectivity index (χ1v) is 26.0. The minimum atomic E-state index is -0.821. The smallest absolute Gasteiger partial charge is 0.306 e. The molecule has 3 unspecified atom stereocenters. The summed E-state index contributed by atoms with van der Waals surface area (Å²) in [5, 5.41) is 23.7. The van der Waals surface area contributed by atoms with Crippen LogP contribution in [0.5, 0.6) is 0 Å². The van der Waals surface area contributed by atoms with E-state index < -0.39 is 18.2 Å². The van der Waals surface area contributed by atoms with Gasteiger partial charge in [-0.3, -0.25) is 9.59 Å². The standard InChI is InChI=1S/C57H97NO5/c1-4-7-10-13-16-19-22-25-27-29-32-35-38-41-44-47-50-57(62)63-53(48-45-42-39-36-33-31-28-26-23-20-17-14-11-8-5-2)51-56(61)58-54(52-59)55(60)49-46-43-40-37-34-30-24-21-18-15-12-9-6-3/h7,10,16-17,19-20,25-28,32-33,35-36,42,45,53-55,59-60H,4-6,8-9,11-15,18,21-24,29-31,34,37-41,43-44,46-52H2,1-3H3,(H,58,61)/b10-7+,19-16+,20-17-,27-25+,28-26-,35-32+,36-33-,45-42-. The molecule has 6 heteroatoms. The zero-order chi connectivity index (χ0) is 45.9. The van der Waals surface area contributed by atoms with Crippen molar-refractivity contribution in [3.05, 3.63) is 97.2 Å². The van der Waals surface area contributed by atoms with Gasteiger partial charge in [0.15, 0.2) is 0 Å². The first-order valence-electron chi connectivity index (χ1n) is 26.0. The summed E-state index contributed by atoms with van der Waals surface area (Å²) >= 11 is 0. The SMILES string of the molecule is CC/C=C/C/C=C/C/C=C/C/C=C/CCCCCC(=O)OC(C/C=C\C/C=C\C/C=C\C/C=C\CCCCC)CC(=O)NC(CO)C(O)CCCCCCCCCCCCCCC. The summed E-state index contributed by atoms with van der Waals surface area (Å²) < 4.78 is 5.85. The maximum absolute atomic E-state index is 13.2. The van der Waals surface area contributed by atoms with Gasteiger partial charge in [0.1, 0.15) is 6.10 Å². The van der Waals surface area contributed by atoms with E-state index in [2.05, 4.69) is 111 Å². The molecule has 6 nitrogen and oxygen atoms in total. The Morgan fingerprint density at radius 1 is 0.492 bits per heavy atom. The molecule has 1 amide bonds. The van der Waals surface area contributed by atoms with Crippen molar-refractivity contribution in [1.29, 1.82) is 0 Å². The first kappa shape index (κ1) is 59.8. The molecule has 0 aromatic rings. The van der Waals surface area contributed by atoms with Crippen molar-refractivity contribution in [2.45, 2.75) is 244 Å². The summed E-state index contributed by atoms with van der Waals surface area (Å²) in [5.41, 5.74) is 0. The Hall–Kier alpha value is -3.22. The molecule has 0 fully saturated rings. The van der Waals surface area contributed by atoms with Crippen LogP contribution in [0.4, 0.5) is 0 Å². The monoisotopic (exact) mass is 876 g/mol. The van der Waals surface area contributed by atoms with Crippen molar-refractivity contribution >= 4 is 11.9 Å². The fourth-order valence-corrected chi connectivity index (χ4v) is 7.22. The molecule has 360 valence electrons. The maximum atomic E-state index is 13.2. The van der Waals surface area contributed by atoms with E-state index in [0.29, 0.717) is 19.3 Å². The molecular weight excluding hydrogens is 779 g/mol. The molecule has 0 heterocycles. The van der Waals surface area contributed by atoms with Crippen LogP contribution in [0.25, 0.3) is 0 Å². The number of esters is 1. The van der Waals surface area contributed by atoms with Crippen molar-refractivity contribution < 1.29 is 24.5 Å². The van der Waals surface area contributed by atoms with Gasteiger partial charge in [-0.2, -0.15) is 0 Å². The average molecular weight is 876 g/mol. The summed E-state index contributed by atoms with van der Waals surface area (Å²) in [5.74, 6) is -0.619. The Labute approximate surface area is 388 Å². The molecule has 0 saturated heterocycles. The Kier molecular flexibility index (Phi) is 47.2. The zero-order valence-electron chi connectivity index (χ0n) is 40.9. The van der Waals surface area contributed by atoms with Gasteiger partial charge >= 0.3 is 5.97 Å². The second kappa shape index (κ2) is 49.8. The predicted octanol–water partition coefficient (Wildman–Crippen LogP) is 15.7. The average Bonchev–Trinajstić information content (AvgIpc) is 3.28. The minimum Gasteiger partial charge on any atom is -0.461 e. The van der Waals surface area contributed by atoms with E-state index in [-0.39, 0.29) is 24.9 Å². The van der Waals surface area contributed by atoms with E-state index in [0.717, 1.165) is 96.3 Å². The number of unbranched alkanes of at least 4 members (excludes halogenated alkanes) is 18. The third-order valence-electron chi connectivity index (χ3n) is 11.1. The molecule has 3 N–H and O–H groups in total. The van der Waals surface area contributed by atoms with Gasteiger partial charge in [0.2, 0.25) is 5.91 Å². The highest BCUT2D eigenvalue weighted by atomic mass is 16.5. The highest BCUT2D eigenvalue weighted by Crippen LogP contribution is 2.16. The van der Waals surface area contributed by atoms with Crippen molar-refractivity contribution in [2.75, 3.05) is 6.61 Å². The fraction of sp³-hybridized carbons (Fsp3) is 0.684. The van der Waals surface area contributed by atoms with Gasteiger partial charge in [-0.15, -0.1) is 0 Å². The van der Waals surface area contributed by atoms with Gasteiger partial charge in [0.05, 0.1) is 25.2 Å². The van der Waals surface area contributed by atoms with Crippen molar-refractivity contribution in [2.24, 2.45) is 0 Å². The summed E-state index contributed by atoms with van der Waals surface area (Å²) in [6.07, 6.45) is 66.2. The summed E-state index contributed by atoms with van der Waals surface area (Å²) in [6.45, 7) is 6.30. The number of aliphatic hydroxyl groups excluding tert-OH is 2. The van der Waals surface area contributed by atoms with Crippen LogP contribution in [0, 0.1) is 0 Å². The normalized spacial score (nSPS) is 14.0. The number of ether oxygens (including phenoxy) is 1. The molecule has 0 radical (unpaired) electrons. The van der Waals surface area contributed by atoms with E-state index in [9.17, 15) is 19.8 Å². The van der Waals surface area contributed by atoms with Crippen LogP contribution in [0.15, 0.2) is 97.2 Å². The Bertz CT molecular complexity index is 1260. The number of amides is 1. The molecular formula is C57H97NO5. The van der Waals surface area contributed by atoms with Crippen LogP contribution in [0.3, 0.4) is 0 Å². The summed E-state index contributed by atoms with van der Waals surface area (Å²) in [7, 11) is 0. The third kappa shape index (κ3) is 45.2. The van der Waals surface area contributed by atoms with E-state index >= 15 is 0 Å². The van der Waals surface area contributed by atoms with Crippen LogP contribution in [0.1, 0.15) is 226 Å². The molecule has 0 aromatic carbocycles. The molecule has 0 aliphatic carbocycles. The van der Waals surface area contributed by atoms with Crippen molar-refractivity contribution in [3.8, 4) is 0 Å². The van der Waals surface area contributed by atoms with E-state index in [1.165, 1.54) is 83.5 Å². The Balaban J connectivity index is 4.79. The third-order valence-corrected chi connectivity index (χ3v) is 11.1. The largest absolute Gasteiger partial charge is 0.461 e. The quantitative estimate of drug-likeness (QED) is 0.0322. The van der Waals surface area contributed by atoms with Crippen LogP contribution in [0.2, 0.25) is 0 Å². The molecule has 0 aliphatic heterocycles. The molecule has 0 rings (SSSR count). The summed E-state index contributed by atoms with van der Waals surface area (Å²) in [6, 6.07) is -0.743. The lowest BCUT2D eigenvalue weighted by Gasteiger charge is -2.24. The highest BCUT2D eigenvalue weighted by Gasteiger charge is 2.23. The number of hydrogen-bond acceptors (Lipinski definition) is 5. The van der Waals surface area contributed by atoms with E-state index in [1.54, 1.807) is 0 Å². The van der Waals surface area contributed by atoms with Gasteiger partial charge in [-0.05, 0) is 83.5 Å². The minimum absolute atomic E-state index is 0.0163. The lowest BCUT2D eigenvalue weighted by atomic mass is 10.0. The lowest BCUT2D eigenvalue weighted by Crippen LogP contribution is -2.46. The highest BCUT2D eigenvalue weighted by molar-refractivity contribution is 5.77. The number of allylic oxidation sites excluding steroid dienone is 15. The van der Waals surface area contributed by atoms with Crippen LogP contribution in [-0.4, -0.2) is 46.9 Å². The van der Waals surface area contributed by atoms with E-state index in [1.807, 2.05) is 12.2 Å². The zero-order valence-corrected chi connectivity index (χ0v) is 40.9. The topological polar surface area (TPSA) is 95.9 Å². The number of rotatable bonds is 45. The number of carbonyl (C=O) groups is 2. The maximum Gasteiger partial charge on any atom is 0.306 e. The van der Waals surface area contributed by atoms with Crippen LogP contribution < -0.4 is 5.32 Å². The fourth-order valence-electron chi connectivity index (χ4n) is 7.22. The summed E-state index contributed by atoms with van der Waals surface area (Å²) in [4.78, 5) is 26.1. The second-order valence-electron chi connectivity index (χ2n) is 17.2. The molecule has 0 saturated carbocycles. The van der Waals surface area contributed by atoms with Crippen LogP contribution >= 0.6 is 0 Å².